The summed E-state index contributed by atoms with van der Waals surface area (Å²) in [4.78, 5) is 4.81. The van der Waals surface area contributed by atoms with Gasteiger partial charge in [-0.15, -0.1) is 0 Å². The summed E-state index contributed by atoms with van der Waals surface area (Å²) in [5.74, 6) is 0. The first-order valence-corrected chi connectivity index (χ1v) is 25.9. The summed E-state index contributed by atoms with van der Waals surface area (Å²) in [6.45, 7) is 17.9. The number of anilines is 6. The molecule has 0 radical (unpaired) electrons. The molecule has 2 nitrogen and oxygen atoms in total. The predicted octanol–water partition coefficient (Wildman–Crippen LogP) is 19.9. The molecule has 0 saturated carbocycles. The molecule has 7 aromatic carbocycles. The smallest absolute Gasteiger partial charge is 0.0466 e. The van der Waals surface area contributed by atoms with Gasteiger partial charge >= 0.3 is 0 Å². The zero-order valence-electron chi connectivity index (χ0n) is 42.2. The zero-order chi connectivity index (χ0) is 46.9. The van der Waals surface area contributed by atoms with Crippen molar-refractivity contribution in [2.75, 3.05) is 9.80 Å². The van der Waals surface area contributed by atoms with E-state index in [4.69, 9.17) is 0 Å². The molecule has 0 N–H and O–H groups in total. The lowest BCUT2D eigenvalue weighted by molar-refractivity contribution is 0.398. The van der Waals surface area contributed by atoms with Crippen LogP contribution in [0.25, 0.3) is 22.3 Å². The second kappa shape index (κ2) is 21.8. The number of rotatable bonds is 21. The summed E-state index contributed by atoms with van der Waals surface area (Å²) < 4.78 is 0. The highest BCUT2D eigenvalue weighted by Crippen LogP contribution is 2.55. The minimum absolute atomic E-state index is 0.0569. The molecule has 1 aliphatic carbocycles. The maximum atomic E-state index is 2.60. The van der Waals surface area contributed by atoms with Crippen LogP contribution in [0, 0.1) is 41.5 Å². The van der Waals surface area contributed by atoms with E-state index in [1.807, 2.05) is 0 Å². The Hall–Kier alpha value is -5.86. The summed E-state index contributed by atoms with van der Waals surface area (Å²) in [7, 11) is 0. The average Bonchev–Trinajstić information content (AvgIpc) is 3.57. The fourth-order valence-corrected chi connectivity index (χ4v) is 11.2. The van der Waals surface area contributed by atoms with Gasteiger partial charge in [0.15, 0.2) is 0 Å². The van der Waals surface area contributed by atoms with Crippen molar-refractivity contribution in [2.45, 2.75) is 151 Å². The molecule has 8 rings (SSSR count). The van der Waals surface area contributed by atoms with Gasteiger partial charge in [-0.3, -0.25) is 0 Å². The molecule has 1 aliphatic rings. The van der Waals surface area contributed by atoms with E-state index >= 15 is 0 Å². The van der Waals surface area contributed by atoms with Crippen LogP contribution < -0.4 is 9.80 Å². The Morgan fingerprint density at radius 1 is 0.299 bits per heavy atom. The number of nitrogens with zero attached hydrogens (tertiary/aromatic N) is 2. The fourth-order valence-electron chi connectivity index (χ4n) is 11.2. The monoisotopic (exact) mass is 885 g/mol. The first-order valence-electron chi connectivity index (χ1n) is 25.9. The van der Waals surface area contributed by atoms with Crippen molar-refractivity contribution in [2.24, 2.45) is 0 Å². The van der Waals surface area contributed by atoms with Crippen molar-refractivity contribution >= 4 is 34.1 Å². The van der Waals surface area contributed by atoms with Crippen molar-refractivity contribution in [3.63, 3.8) is 0 Å². The molecule has 346 valence electrons. The molecule has 2 heteroatoms. The van der Waals surface area contributed by atoms with Crippen LogP contribution in [-0.4, -0.2) is 0 Å². The van der Waals surface area contributed by atoms with E-state index in [-0.39, 0.29) is 5.41 Å². The number of fused-ring (bicyclic) bond motifs is 3. The van der Waals surface area contributed by atoms with Gasteiger partial charge in [0, 0.05) is 39.5 Å². The van der Waals surface area contributed by atoms with E-state index in [0.29, 0.717) is 0 Å². The Morgan fingerprint density at radius 2 is 0.657 bits per heavy atom. The second-order valence-corrected chi connectivity index (χ2v) is 20.2. The lowest BCUT2D eigenvalue weighted by Gasteiger charge is -2.33. The molecule has 0 heterocycles. The Balaban J connectivity index is 1.15. The van der Waals surface area contributed by atoms with Crippen LogP contribution in [0.1, 0.15) is 148 Å². The van der Waals surface area contributed by atoms with Gasteiger partial charge in [-0.2, -0.15) is 0 Å². The largest absolute Gasteiger partial charge is 0.310 e. The van der Waals surface area contributed by atoms with Gasteiger partial charge < -0.3 is 9.80 Å². The quantitative estimate of drug-likeness (QED) is 0.0664. The minimum Gasteiger partial charge on any atom is -0.310 e. The standard InChI is InChI=1S/C65H76N2/c1-9-11-13-15-17-19-37-65(38-20-18-16-14-12-10-2)63-45-48(4)23-35-61(63)62-36-26-54(46-64(62)65)53-24-29-56(30-25-53)67(60-43-51(7)40-52(8)44-60)58-33-31-57(32-34-58)66(55-27-21-47(3)22-28-55)59-41-49(5)39-50(6)42-59/h21-36,39-46H,9-20,37-38H2,1-8H3. The molecule has 0 bridgehead atoms. The molecular formula is C65H76N2. The second-order valence-electron chi connectivity index (χ2n) is 20.2. The van der Waals surface area contributed by atoms with Crippen LogP contribution in [0.4, 0.5) is 34.1 Å². The van der Waals surface area contributed by atoms with E-state index in [0.717, 1.165) is 22.7 Å². The van der Waals surface area contributed by atoms with Crippen molar-refractivity contribution in [3.8, 4) is 22.3 Å². The Labute approximate surface area is 405 Å². The van der Waals surface area contributed by atoms with E-state index in [1.165, 1.54) is 157 Å². The van der Waals surface area contributed by atoms with Gasteiger partial charge in [-0.1, -0.05) is 169 Å². The minimum atomic E-state index is 0.0569. The summed E-state index contributed by atoms with van der Waals surface area (Å²) >= 11 is 0. The molecule has 0 atom stereocenters. The highest BCUT2D eigenvalue weighted by molar-refractivity contribution is 5.86. The molecule has 0 fully saturated rings. The zero-order valence-corrected chi connectivity index (χ0v) is 42.2. The SMILES string of the molecule is CCCCCCCCC1(CCCCCCCC)c2cc(C)ccc2-c2ccc(-c3ccc(N(c4ccc(N(c5ccc(C)cc5)c5cc(C)cc(C)c5)cc4)c4cc(C)cc(C)c4)cc3)cc21. The Morgan fingerprint density at radius 3 is 1.12 bits per heavy atom. The van der Waals surface area contributed by atoms with Crippen LogP contribution in [0.15, 0.2) is 146 Å². The molecular weight excluding hydrogens is 809 g/mol. The maximum absolute atomic E-state index is 2.60. The van der Waals surface area contributed by atoms with Gasteiger partial charge in [-0.25, -0.2) is 0 Å². The van der Waals surface area contributed by atoms with Crippen molar-refractivity contribution < 1.29 is 0 Å². The topological polar surface area (TPSA) is 6.48 Å². The highest BCUT2D eigenvalue weighted by Gasteiger charge is 2.42. The number of aryl methyl sites for hydroxylation is 6. The molecule has 0 amide bonds. The van der Waals surface area contributed by atoms with Crippen molar-refractivity contribution in [1.82, 2.24) is 0 Å². The lowest BCUT2D eigenvalue weighted by Crippen LogP contribution is -2.25. The van der Waals surface area contributed by atoms with E-state index in [2.05, 4.69) is 211 Å². The van der Waals surface area contributed by atoms with Gasteiger partial charge in [0.1, 0.15) is 0 Å². The summed E-state index contributed by atoms with van der Waals surface area (Å²) in [6, 6.07) is 55.9. The molecule has 0 saturated heterocycles. The third kappa shape index (κ3) is 11.0. The molecule has 0 aromatic heterocycles. The Kier molecular flexibility index (Phi) is 15.5. The van der Waals surface area contributed by atoms with E-state index in [9.17, 15) is 0 Å². The van der Waals surface area contributed by atoms with Gasteiger partial charge in [0.25, 0.3) is 0 Å². The van der Waals surface area contributed by atoms with Gasteiger partial charge in [-0.05, 0) is 189 Å². The number of hydrogen-bond donors (Lipinski definition) is 0. The third-order valence-electron chi connectivity index (χ3n) is 14.5. The molecule has 0 spiro atoms. The van der Waals surface area contributed by atoms with E-state index < -0.39 is 0 Å². The summed E-state index contributed by atoms with van der Waals surface area (Å²) in [6.07, 6.45) is 18.4. The lowest BCUT2D eigenvalue weighted by atomic mass is 9.70. The summed E-state index contributed by atoms with van der Waals surface area (Å²) in [5, 5.41) is 0. The molecule has 67 heavy (non-hydrogen) atoms. The van der Waals surface area contributed by atoms with Crippen LogP contribution in [0.5, 0.6) is 0 Å². The molecule has 0 unspecified atom stereocenters. The highest BCUT2D eigenvalue weighted by atomic mass is 15.2. The van der Waals surface area contributed by atoms with Crippen LogP contribution in [-0.2, 0) is 5.41 Å². The summed E-state index contributed by atoms with van der Waals surface area (Å²) in [5.41, 5.74) is 23.3. The van der Waals surface area contributed by atoms with Gasteiger partial charge in [0.2, 0.25) is 0 Å². The van der Waals surface area contributed by atoms with Crippen molar-refractivity contribution in [3.05, 3.63) is 190 Å². The predicted molar refractivity (Wildman–Crippen MR) is 292 cm³/mol. The first kappa shape index (κ1) is 47.6. The van der Waals surface area contributed by atoms with Crippen LogP contribution in [0.3, 0.4) is 0 Å². The average molecular weight is 885 g/mol. The van der Waals surface area contributed by atoms with Crippen LogP contribution in [0.2, 0.25) is 0 Å². The maximum Gasteiger partial charge on any atom is 0.0466 e. The number of benzene rings is 7. The fraction of sp³-hybridized carbons (Fsp3) is 0.354. The Bertz CT molecular complexity index is 2660. The number of unbranched alkanes of at least 4 members (excludes halogenated alkanes) is 10. The normalized spacial score (nSPS) is 12.5. The van der Waals surface area contributed by atoms with Crippen LogP contribution >= 0.6 is 0 Å². The molecule has 7 aromatic rings. The molecule has 0 aliphatic heterocycles. The third-order valence-corrected chi connectivity index (χ3v) is 14.5. The number of hydrogen-bond acceptors (Lipinski definition) is 2. The van der Waals surface area contributed by atoms with Gasteiger partial charge in [0.05, 0.1) is 0 Å². The first-order chi connectivity index (χ1) is 32.6. The van der Waals surface area contributed by atoms with Crippen molar-refractivity contribution in [1.29, 1.82) is 0 Å². The van der Waals surface area contributed by atoms with E-state index in [1.54, 1.807) is 11.1 Å².